The van der Waals surface area contributed by atoms with Crippen LogP contribution in [-0.4, -0.2) is 44.2 Å². The van der Waals surface area contributed by atoms with Crippen molar-refractivity contribution in [2.24, 2.45) is 5.73 Å². The van der Waals surface area contributed by atoms with E-state index in [0.29, 0.717) is 6.04 Å². The van der Waals surface area contributed by atoms with Crippen molar-refractivity contribution < 1.29 is 0 Å². The second kappa shape index (κ2) is 7.87. The van der Waals surface area contributed by atoms with Gasteiger partial charge in [-0.3, -0.25) is 0 Å². The van der Waals surface area contributed by atoms with Crippen LogP contribution in [-0.2, 0) is 6.42 Å². The Kier molecular flexibility index (Phi) is 6.80. The summed E-state index contributed by atoms with van der Waals surface area (Å²) >= 11 is 6.47. The maximum atomic E-state index is 6.47. The van der Waals surface area contributed by atoms with Crippen molar-refractivity contribution in [3.63, 3.8) is 0 Å². The number of hydrogen-bond donors (Lipinski definition) is 1. The Bertz CT molecular complexity index is 418. The Morgan fingerprint density at radius 2 is 1.90 bits per heavy atom. The molecule has 114 valence electrons. The highest BCUT2D eigenvalue weighted by atomic mass is 35.5. The summed E-state index contributed by atoms with van der Waals surface area (Å²) in [5.74, 6) is 0. The Morgan fingerprint density at radius 3 is 2.35 bits per heavy atom. The van der Waals surface area contributed by atoms with Gasteiger partial charge in [0.1, 0.15) is 0 Å². The van der Waals surface area contributed by atoms with Crippen LogP contribution in [0.3, 0.4) is 0 Å². The highest BCUT2D eigenvalue weighted by molar-refractivity contribution is 6.33. The van der Waals surface area contributed by atoms with Crippen LogP contribution >= 0.6 is 11.6 Å². The van der Waals surface area contributed by atoms with Gasteiger partial charge in [0.15, 0.2) is 0 Å². The van der Waals surface area contributed by atoms with E-state index in [1.807, 2.05) is 13.0 Å². The van der Waals surface area contributed by atoms with Crippen LogP contribution in [0.2, 0.25) is 5.02 Å². The fraction of sp³-hybridized carbons (Fsp3) is 0.625. The molecule has 2 N–H and O–H groups in total. The van der Waals surface area contributed by atoms with Gasteiger partial charge in [-0.1, -0.05) is 17.7 Å². The van der Waals surface area contributed by atoms with Crippen molar-refractivity contribution in [2.75, 3.05) is 32.1 Å². The van der Waals surface area contributed by atoms with Crippen LogP contribution in [0.25, 0.3) is 0 Å². The molecular formula is C16H28ClN3. The number of nitrogens with two attached hydrogens (primary N) is 1. The first-order valence-electron chi connectivity index (χ1n) is 7.30. The van der Waals surface area contributed by atoms with E-state index in [1.54, 1.807) is 0 Å². The molecule has 2 unspecified atom stereocenters. The number of halogens is 1. The summed E-state index contributed by atoms with van der Waals surface area (Å²) < 4.78 is 0. The minimum atomic E-state index is 0.159. The second-order valence-corrected chi connectivity index (χ2v) is 6.27. The number of benzene rings is 1. The SMILES string of the molecule is CCN(c1ccc(CC(C)N)cc1Cl)C(C)CN(C)C. The van der Waals surface area contributed by atoms with Gasteiger partial charge in [0.25, 0.3) is 0 Å². The summed E-state index contributed by atoms with van der Waals surface area (Å²) in [7, 11) is 4.19. The molecule has 0 saturated heterocycles. The van der Waals surface area contributed by atoms with Gasteiger partial charge in [-0.25, -0.2) is 0 Å². The van der Waals surface area contributed by atoms with Gasteiger partial charge >= 0.3 is 0 Å². The monoisotopic (exact) mass is 297 g/mol. The van der Waals surface area contributed by atoms with Crippen molar-refractivity contribution >= 4 is 17.3 Å². The van der Waals surface area contributed by atoms with Gasteiger partial charge in [-0.05, 0) is 59.0 Å². The predicted molar refractivity (Wildman–Crippen MR) is 89.8 cm³/mol. The summed E-state index contributed by atoms with van der Waals surface area (Å²) in [6.45, 7) is 8.36. The van der Waals surface area contributed by atoms with E-state index in [0.717, 1.165) is 30.2 Å². The molecule has 2 atom stereocenters. The third kappa shape index (κ3) is 4.97. The normalized spacial score (nSPS) is 14.4. The van der Waals surface area contributed by atoms with E-state index in [-0.39, 0.29) is 6.04 Å². The lowest BCUT2D eigenvalue weighted by atomic mass is 10.1. The van der Waals surface area contributed by atoms with Crippen LogP contribution in [0, 0.1) is 0 Å². The second-order valence-electron chi connectivity index (χ2n) is 5.86. The first kappa shape index (κ1) is 17.3. The molecule has 0 bridgehead atoms. The van der Waals surface area contributed by atoms with E-state index >= 15 is 0 Å². The van der Waals surface area contributed by atoms with Crippen LogP contribution in [0.5, 0.6) is 0 Å². The van der Waals surface area contributed by atoms with Gasteiger partial charge in [0.05, 0.1) is 10.7 Å². The maximum absolute atomic E-state index is 6.47. The smallest absolute Gasteiger partial charge is 0.0642 e. The summed E-state index contributed by atoms with van der Waals surface area (Å²) in [6.07, 6.45) is 0.860. The van der Waals surface area contributed by atoms with E-state index in [1.165, 1.54) is 5.56 Å². The van der Waals surface area contributed by atoms with E-state index in [4.69, 9.17) is 17.3 Å². The fourth-order valence-electron chi connectivity index (χ4n) is 2.63. The summed E-state index contributed by atoms with van der Waals surface area (Å²) in [4.78, 5) is 4.55. The zero-order chi connectivity index (χ0) is 15.3. The van der Waals surface area contributed by atoms with Crippen molar-refractivity contribution in [3.8, 4) is 0 Å². The standard InChI is InChI=1S/C16H28ClN3/c1-6-20(13(3)11-19(4)5)16-8-7-14(9-12(2)18)10-15(16)17/h7-8,10,12-13H,6,9,11,18H2,1-5H3. The topological polar surface area (TPSA) is 32.5 Å². The van der Waals surface area contributed by atoms with Gasteiger partial charge in [0.2, 0.25) is 0 Å². The molecule has 0 heterocycles. The molecule has 20 heavy (non-hydrogen) atoms. The minimum absolute atomic E-state index is 0.159. The number of rotatable bonds is 7. The molecule has 0 radical (unpaired) electrons. The molecule has 0 fully saturated rings. The van der Waals surface area contributed by atoms with Gasteiger partial charge in [-0.15, -0.1) is 0 Å². The number of hydrogen-bond acceptors (Lipinski definition) is 3. The lowest BCUT2D eigenvalue weighted by molar-refractivity contribution is 0.373. The number of likely N-dealkylation sites (N-methyl/N-ethyl adjacent to an activating group) is 2. The molecule has 1 rings (SSSR count). The van der Waals surface area contributed by atoms with Crippen LogP contribution in [0.4, 0.5) is 5.69 Å². The summed E-state index contributed by atoms with van der Waals surface area (Å²) in [6, 6.07) is 6.88. The molecule has 0 aliphatic carbocycles. The quantitative estimate of drug-likeness (QED) is 0.840. The Labute approximate surface area is 128 Å². The van der Waals surface area contributed by atoms with Gasteiger partial charge in [0, 0.05) is 25.2 Å². The molecule has 0 amide bonds. The average Bonchev–Trinajstić information content (AvgIpc) is 2.31. The Hall–Kier alpha value is -0.770. The van der Waals surface area contributed by atoms with Crippen LogP contribution < -0.4 is 10.6 Å². The van der Waals surface area contributed by atoms with Crippen LogP contribution in [0.1, 0.15) is 26.3 Å². The molecule has 3 nitrogen and oxygen atoms in total. The van der Waals surface area contributed by atoms with Crippen molar-refractivity contribution in [3.05, 3.63) is 28.8 Å². The van der Waals surface area contributed by atoms with Crippen LogP contribution in [0.15, 0.2) is 18.2 Å². The molecule has 0 spiro atoms. The molecule has 0 aliphatic heterocycles. The average molecular weight is 298 g/mol. The van der Waals surface area contributed by atoms with E-state index < -0.39 is 0 Å². The van der Waals surface area contributed by atoms with Gasteiger partial charge < -0.3 is 15.5 Å². The number of anilines is 1. The van der Waals surface area contributed by atoms with Crippen molar-refractivity contribution in [1.29, 1.82) is 0 Å². The molecule has 4 heteroatoms. The molecule has 1 aromatic carbocycles. The first-order chi connectivity index (χ1) is 9.35. The lowest BCUT2D eigenvalue weighted by Gasteiger charge is -2.33. The zero-order valence-electron chi connectivity index (χ0n) is 13.4. The van der Waals surface area contributed by atoms with Crippen molar-refractivity contribution in [1.82, 2.24) is 4.90 Å². The third-order valence-electron chi connectivity index (χ3n) is 3.38. The zero-order valence-corrected chi connectivity index (χ0v) is 14.1. The Morgan fingerprint density at radius 1 is 1.25 bits per heavy atom. The highest BCUT2D eigenvalue weighted by Crippen LogP contribution is 2.28. The first-order valence-corrected chi connectivity index (χ1v) is 7.68. The maximum Gasteiger partial charge on any atom is 0.0642 e. The molecule has 0 aliphatic rings. The van der Waals surface area contributed by atoms with E-state index in [2.05, 4.69) is 49.9 Å². The summed E-state index contributed by atoms with van der Waals surface area (Å²) in [5, 5.41) is 0.815. The largest absolute Gasteiger partial charge is 0.367 e. The van der Waals surface area contributed by atoms with E-state index in [9.17, 15) is 0 Å². The molecular weight excluding hydrogens is 270 g/mol. The summed E-state index contributed by atoms with van der Waals surface area (Å²) in [5.41, 5.74) is 8.15. The fourth-order valence-corrected chi connectivity index (χ4v) is 2.94. The highest BCUT2D eigenvalue weighted by Gasteiger charge is 2.16. The third-order valence-corrected chi connectivity index (χ3v) is 3.68. The molecule has 0 aromatic heterocycles. The Balaban J connectivity index is 2.93. The lowest BCUT2D eigenvalue weighted by Crippen LogP contribution is -2.40. The molecule has 1 aromatic rings. The number of nitrogens with zero attached hydrogens (tertiary/aromatic N) is 2. The minimum Gasteiger partial charge on any atom is -0.367 e. The predicted octanol–water partition coefficient (Wildman–Crippen LogP) is 3.01. The van der Waals surface area contributed by atoms with Crippen molar-refractivity contribution in [2.45, 2.75) is 39.3 Å². The van der Waals surface area contributed by atoms with Gasteiger partial charge in [-0.2, -0.15) is 0 Å². The molecule has 0 saturated carbocycles.